The van der Waals surface area contributed by atoms with Gasteiger partial charge in [-0.25, -0.2) is 9.37 Å². The molecule has 5 heterocycles. The van der Waals surface area contributed by atoms with Crippen molar-refractivity contribution >= 4 is 5.91 Å². The maximum absolute atomic E-state index is 16.0. The third-order valence-electron chi connectivity index (χ3n) is 8.07. The summed E-state index contributed by atoms with van der Waals surface area (Å²) in [5, 5.41) is 11.6. The van der Waals surface area contributed by atoms with Gasteiger partial charge in [0.05, 0.1) is 12.1 Å². The van der Waals surface area contributed by atoms with E-state index in [1.165, 1.54) is 18.7 Å². The maximum atomic E-state index is 16.0. The molecule has 0 bridgehead atoms. The molecule has 0 aliphatic carbocycles. The Kier molecular flexibility index (Phi) is 7.64. The Bertz CT molecular complexity index is 1320. The normalized spacial score (nSPS) is 22.1. The number of hydrogen-bond donors (Lipinski definition) is 2. The van der Waals surface area contributed by atoms with Gasteiger partial charge in [-0.2, -0.15) is 0 Å². The maximum Gasteiger partial charge on any atom is 0.274 e. The second kappa shape index (κ2) is 11.0. The first kappa shape index (κ1) is 27.1. The molecule has 2 atom stereocenters. The number of alkyl halides is 1. The Hall–Kier alpha value is -3.44. The summed E-state index contributed by atoms with van der Waals surface area (Å²) in [6, 6.07) is 7.53. The Morgan fingerprint density at radius 1 is 1.15 bits per heavy atom. The van der Waals surface area contributed by atoms with Crippen molar-refractivity contribution in [2.45, 2.75) is 51.1 Å². The van der Waals surface area contributed by atoms with Crippen molar-refractivity contribution < 1.29 is 18.3 Å². The number of rotatable bonds is 5. The first-order valence-electron chi connectivity index (χ1n) is 13.6. The Labute approximate surface area is 226 Å². The zero-order valence-electron chi connectivity index (χ0n) is 22.6. The third kappa shape index (κ3) is 5.12. The summed E-state index contributed by atoms with van der Waals surface area (Å²) < 4.78 is 27.5. The lowest BCUT2D eigenvalue weighted by atomic mass is 9.73. The summed E-state index contributed by atoms with van der Waals surface area (Å²) in [5.41, 5.74) is -0.819. The van der Waals surface area contributed by atoms with Crippen LogP contribution in [0.25, 0.3) is 0 Å². The molecule has 10 nitrogen and oxygen atoms in total. The van der Waals surface area contributed by atoms with Crippen molar-refractivity contribution in [3.63, 3.8) is 0 Å². The van der Waals surface area contributed by atoms with Crippen LogP contribution in [0.5, 0.6) is 0 Å². The van der Waals surface area contributed by atoms with E-state index in [0.29, 0.717) is 43.6 Å². The van der Waals surface area contributed by atoms with E-state index < -0.39 is 5.67 Å². The predicted octanol–water partition coefficient (Wildman–Crippen LogP) is 3.14. The number of carbonyl (C=O) groups excluding carboxylic acids is 1. The number of amides is 1. The zero-order chi connectivity index (χ0) is 27.6. The van der Waals surface area contributed by atoms with Crippen molar-refractivity contribution in [1.29, 1.82) is 0 Å². The van der Waals surface area contributed by atoms with Crippen molar-refractivity contribution in [1.82, 2.24) is 30.4 Å². The molecule has 2 aromatic heterocycles. The summed E-state index contributed by atoms with van der Waals surface area (Å²) in [5.74, 6) is 0.119. The number of aromatic amines is 1. The van der Waals surface area contributed by atoms with E-state index in [2.05, 4.69) is 25.5 Å². The quantitative estimate of drug-likeness (QED) is 0.508. The smallest absolute Gasteiger partial charge is 0.274 e. The molecule has 3 saturated heterocycles. The fourth-order valence-electron chi connectivity index (χ4n) is 5.68. The monoisotopic (exact) mass is 538 g/mol. The number of hydrogen-bond acceptors (Lipinski definition) is 8. The minimum atomic E-state index is -1.96. The number of carbonyl (C=O) groups is 1. The molecule has 2 unspecified atom stereocenters. The van der Waals surface area contributed by atoms with Gasteiger partial charge in [-0.3, -0.25) is 9.59 Å². The van der Waals surface area contributed by atoms with Crippen molar-refractivity contribution in [3.05, 3.63) is 75.6 Å². The number of nitrogens with zero attached hydrogens (tertiary/aromatic N) is 4. The van der Waals surface area contributed by atoms with Crippen LogP contribution in [0.15, 0.2) is 45.9 Å². The Morgan fingerprint density at radius 3 is 2.49 bits per heavy atom. The van der Waals surface area contributed by atoms with Gasteiger partial charge in [0.2, 0.25) is 11.6 Å². The van der Waals surface area contributed by atoms with Crippen LogP contribution in [0.2, 0.25) is 0 Å². The highest BCUT2D eigenvalue weighted by molar-refractivity contribution is 5.92. The summed E-state index contributed by atoms with van der Waals surface area (Å²) in [6.45, 7) is 9.10. The van der Waals surface area contributed by atoms with Crippen LogP contribution in [0.3, 0.4) is 0 Å². The molecule has 3 fully saturated rings. The highest BCUT2D eigenvalue weighted by Gasteiger charge is 2.55. The standard InChI is InChI=1S/C26H29FN6O4.C2H6/c1-25(27,18-4-2-16(3-5-18)17-6-8-36-9-7-17)24-32-31-22(37-24)19-12-33(15-26(19)13-28-14-26)23(35)20-10-30-21(34)11-29-20;1-2/h2-5,10-11,17,19,28H,6-9,12-15H2,1H3,(H,30,34);1-2H3. The second-order valence-corrected chi connectivity index (χ2v) is 10.5. The minimum absolute atomic E-state index is 0.101. The second-order valence-electron chi connectivity index (χ2n) is 10.5. The fourth-order valence-corrected chi connectivity index (χ4v) is 5.68. The first-order valence-corrected chi connectivity index (χ1v) is 13.6. The Morgan fingerprint density at radius 2 is 1.87 bits per heavy atom. The molecule has 3 aliphatic rings. The molecule has 6 rings (SSSR count). The number of halogens is 1. The summed E-state index contributed by atoms with van der Waals surface area (Å²) >= 11 is 0. The van der Waals surface area contributed by atoms with Crippen molar-refractivity contribution in [2.75, 3.05) is 39.4 Å². The largest absolute Gasteiger partial charge is 0.421 e. The van der Waals surface area contributed by atoms with E-state index in [-0.39, 0.29) is 34.4 Å². The van der Waals surface area contributed by atoms with Gasteiger partial charge in [-0.15, -0.1) is 10.2 Å². The van der Waals surface area contributed by atoms with Crippen LogP contribution in [0, 0.1) is 5.41 Å². The van der Waals surface area contributed by atoms with Gasteiger partial charge in [0.1, 0.15) is 5.69 Å². The van der Waals surface area contributed by atoms with E-state index in [4.69, 9.17) is 9.15 Å². The van der Waals surface area contributed by atoms with Crippen LogP contribution >= 0.6 is 0 Å². The van der Waals surface area contributed by atoms with E-state index in [1.807, 2.05) is 26.0 Å². The van der Waals surface area contributed by atoms with Crippen LogP contribution < -0.4 is 10.9 Å². The van der Waals surface area contributed by atoms with Gasteiger partial charge in [0.15, 0.2) is 0 Å². The lowest BCUT2D eigenvalue weighted by Gasteiger charge is -2.42. The van der Waals surface area contributed by atoms with Gasteiger partial charge in [0.25, 0.3) is 17.4 Å². The molecule has 39 heavy (non-hydrogen) atoms. The van der Waals surface area contributed by atoms with E-state index in [1.54, 1.807) is 17.0 Å². The topological polar surface area (TPSA) is 126 Å². The summed E-state index contributed by atoms with van der Waals surface area (Å²) in [4.78, 5) is 32.5. The molecule has 1 spiro atoms. The van der Waals surface area contributed by atoms with E-state index >= 15 is 4.39 Å². The SMILES string of the molecule is CC.CC(F)(c1ccc(C2CCOCC2)cc1)c1nnc(C2CN(C(=O)c3c[nH]c(=O)cn3)CC23CNC3)o1. The van der Waals surface area contributed by atoms with Crippen molar-refractivity contribution in [3.8, 4) is 0 Å². The molecule has 2 N–H and O–H groups in total. The lowest BCUT2D eigenvalue weighted by molar-refractivity contribution is 0.0742. The molecule has 208 valence electrons. The van der Waals surface area contributed by atoms with Gasteiger partial charge < -0.3 is 24.4 Å². The number of H-pyrrole nitrogens is 1. The predicted molar refractivity (Wildman–Crippen MR) is 141 cm³/mol. The molecule has 0 saturated carbocycles. The van der Waals surface area contributed by atoms with Crippen LogP contribution in [-0.2, 0) is 10.4 Å². The average molecular weight is 539 g/mol. The molecular formula is C28H35FN6O4. The first-order chi connectivity index (χ1) is 18.9. The molecule has 3 aliphatic heterocycles. The molecule has 11 heteroatoms. The van der Waals surface area contributed by atoms with Gasteiger partial charge in [-0.05, 0) is 36.8 Å². The number of benzene rings is 1. The van der Waals surface area contributed by atoms with Crippen LogP contribution in [0.1, 0.15) is 78.8 Å². The van der Waals surface area contributed by atoms with Gasteiger partial charge in [0, 0.05) is 51.0 Å². The van der Waals surface area contributed by atoms with Gasteiger partial charge >= 0.3 is 0 Å². The fraction of sp³-hybridized carbons (Fsp3) is 0.536. The minimum Gasteiger partial charge on any atom is -0.421 e. The van der Waals surface area contributed by atoms with E-state index in [9.17, 15) is 9.59 Å². The molecule has 0 radical (unpaired) electrons. The third-order valence-corrected chi connectivity index (χ3v) is 8.07. The average Bonchev–Trinajstić information content (AvgIpc) is 3.61. The molecular weight excluding hydrogens is 503 g/mol. The van der Waals surface area contributed by atoms with Gasteiger partial charge in [-0.1, -0.05) is 38.1 Å². The highest BCUT2D eigenvalue weighted by atomic mass is 19.1. The number of ether oxygens (including phenoxy) is 1. The summed E-state index contributed by atoms with van der Waals surface area (Å²) in [6.07, 6.45) is 4.34. The summed E-state index contributed by atoms with van der Waals surface area (Å²) in [7, 11) is 0. The molecule has 1 amide bonds. The number of likely N-dealkylation sites (tertiary alicyclic amines) is 1. The zero-order valence-corrected chi connectivity index (χ0v) is 22.6. The number of aromatic nitrogens is 4. The Balaban J connectivity index is 0.00000151. The van der Waals surface area contributed by atoms with E-state index in [0.717, 1.165) is 32.3 Å². The number of nitrogens with one attached hydrogen (secondary N) is 2. The van der Waals surface area contributed by atoms with Crippen LogP contribution in [-0.4, -0.2) is 70.4 Å². The van der Waals surface area contributed by atoms with Crippen LogP contribution in [0.4, 0.5) is 4.39 Å². The lowest BCUT2D eigenvalue weighted by Crippen LogP contribution is -2.57. The molecule has 1 aromatic carbocycles. The highest BCUT2D eigenvalue weighted by Crippen LogP contribution is 2.46. The van der Waals surface area contributed by atoms with Crippen molar-refractivity contribution in [2.24, 2.45) is 5.41 Å². The molecule has 3 aromatic rings.